The van der Waals surface area contributed by atoms with Gasteiger partial charge in [-0.1, -0.05) is 29.3 Å². The lowest BCUT2D eigenvalue weighted by atomic mass is 10.2. The minimum atomic E-state index is -0.149. The summed E-state index contributed by atoms with van der Waals surface area (Å²) in [5.74, 6) is 1.76. The molecule has 0 unspecified atom stereocenters. The van der Waals surface area contributed by atoms with Crippen molar-refractivity contribution in [2.24, 2.45) is 0 Å². The molecule has 0 radical (unpaired) electrons. The number of hydrogen-bond acceptors (Lipinski definition) is 5. The van der Waals surface area contributed by atoms with Crippen LogP contribution in [0.5, 0.6) is 0 Å². The lowest BCUT2D eigenvalue weighted by Gasteiger charge is -2.10. The van der Waals surface area contributed by atoms with Crippen LogP contribution in [0.25, 0.3) is 16.7 Å². The van der Waals surface area contributed by atoms with Crippen LogP contribution in [0, 0.1) is 0 Å². The highest BCUT2D eigenvalue weighted by molar-refractivity contribution is 6.31. The Labute approximate surface area is 194 Å². The van der Waals surface area contributed by atoms with Crippen LogP contribution in [-0.2, 0) is 0 Å². The molecule has 0 spiro atoms. The molecule has 0 bridgehead atoms. The van der Waals surface area contributed by atoms with Crippen molar-refractivity contribution in [3.8, 4) is 5.69 Å². The third-order valence-corrected chi connectivity index (χ3v) is 5.74. The van der Waals surface area contributed by atoms with Crippen LogP contribution in [0.15, 0.2) is 54.7 Å². The topological polar surface area (TPSA) is 84.7 Å². The Balaban J connectivity index is 1.34. The number of hydrogen-bond donors (Lipinski definition) is 2. The molecule has 1 fully saturated rings. The number of nitrogens with zero attached hydrogens (tertiary/aromatic N) is 4. The Bertz CT molecular complexity index is 1280. The van der Waals surface area contributed by atoms with E-state index in [4.69, 9.17) is 33.2 Å². The Morgan fingerprint density at radius 3 is 2.59 bits per heavy atom. The fourth-order valence-electron chi connectivity index (χ4n) is 3.44. The molecule has 0 atom stereocenters. The second-order valence-electron chi connectivity index (χ2n) is 7.67. The molecule has 0 aliphatic heterocycles. The maximum Gasteiger partial charge on any atom is 0.251 e. The minimum Gasteiger partial charge on any atom is -0.368 e. The quantitative estimate of drug-likeness (QED) is 0.380. The van der Waals surface area contributed by atoms with Crippen molar-refractivity contribution in [3.05, 3.63) is 76.2 Å². The van der Waals surface area contributed by atoms with Gasteiger partial charge in [-0.05, 0) is 55.3 Å². The Morgan fingerprint density at radius 2 is 1.84 bits per heavy atom. The number of amides is 1. The van der Waals surface area contributed by atoms with E-state index in [1.807, 2.05) is 24.3 Å². The van der Waals surface area contributed by atoms with Crippen molar-refractivity contribution in [1.82, 2.24) is 25.1 Å². The van der Waals surface area contributed by atoms with Crippen LogP contribution in [0.2, 0.25) is 10.0 Å². The highest BCUT2D eigenvalue weighted by atomic mass is 35.5. The molecular weight excluding hydrogens is 447 g/mol. The average Bonchev–Trinajstić information content (AvgIpc) is 3.56. The smallest absolute Gasteiger partial charge is 0.251 e. The van der Waals surface area contributed by atoms with E-state index in [-0.39, 0.29) is 5.91 Å². The summed E-state index contributed by atoms with van der Waals surface area (Å²) in [4.78, 5) is 21.8. The van der Waals surface area contributed by atoms with Crippen LogP contribution >= 0.6 is 23.2 Å². The fourth-order valence-corrected chi connectivity index (χ4v) is 3.75. The Morgan fingerprint density at radius 1 is 1.03 bits per heavy atom. The van der Waals surface area contributed by atoms with E-state index in [1.54, 1.807) is 35.1 Å². The molecule has 2 aromatic carbocycles. The molecule has 9 heteroatoms. The van der Waals surface area contributed by atoms with Crippen molar-refractivity contribution in [1.29, 1.82) is 0 Å². The molecule has 7 nitrogen and oxygen atoms in total. The summed E-state index contributed by atoms with van der Waals surface area (Å²) in [5.41, 5.74) is 2.14. The highest BCUT2D eigenvalue weighted by Crippen LogP contribution is 2.39. The average molecular weight is 467 g/mol. The molecule has 2 N–H and O–H groups in total. The Kier molecular flexibility index (Phi) is 5.68. The first-order valence-corrected chi connectivity index (χ1v) is 11.1. The van der Waals surface area contributed by atoms with E-state index in [2.05, 4.69) is 15.7 Å². The lowest BCUT2D eigenvalue weighted by molar-refractivity contribution is 0.0955. The number of carbonyl (C=O) groups excluding carboxylic acids is 1. The summed E-state index contributed by atoms with van der Waals surface area (Å²) >= 11 is 12.1. The number of benzene rings is 2. The maximum absolute atomic E-state index is 12.3. The number of fused-ring (bicyclic) bond motifs is 1. The van der Waals surface area contributed by atoms with Gasteiger partial charge in [0, 0.05) is 34.6 Å². The van der Waals surface area contributed by atoms with Gasteiger partial charge in [0.1, 0.15) is 11.6 Å². The molecule has 4 aromatic rings. The third kappa shape index (κ3) is 4.40. The molecule has 0 saturated heterocycles. The third-order valence-electron chi connectivity index (χ3n) is 5.25. The largest absolute Gasteiger partial charge is 0.368 e. The molecule has 2 aromatic heterocycles. The van der Waals surface area contributed by atoms with Crippen LogP contribution in [0.3, 0.4) is 0 Å². The van der Waals surface area contributed by atoms with Crippen molar-refractivity contribution in [2.45, 2.75) is 18.8 Å². The first-order valence-electron chi connectivity index (χ1n) is 10.4. The second kappa shape index (κ2) is 8.76. The van der Waals surface area contributed by atoms with Crippen molar-refractivity contribution in [2.75, 3.05) is 18.4 Å². The van der Waals surface area contributed by atoms with Crippen LogP contribution < -0.4 is 10.6 Å². The predicted octanol–water partition coefficient (Wildman–Crippen LogP) is 4.84. The first-order chi connectivity index (χ1) is 15.6. The van der Waals surface area contributed by atoms with E-state index in [1.165, 1.54) is 0 Å². The zero-order chi connectivity index (χ0) is 22.1. The van der Waals surface area contributed by atoms with Crippen molar-refractivity contribution in [3.63, 3.8) is 0 Å². The summed E-state index contributed by atoms with van der Waals surface area (Å²) in [6, 6.07) is 14.3. The number of nitrogens with one attached hydrogen (secondary N) is 2. The van der Waals surface area contributed by atoms with E-state index >= 15 is 0 Å². The maximum atomic E-state index is 12.3. The molecule has 1 amide bonds. The van der Waals surface area contributed by atoms with Gasteiger partial charge in [0.2, 0.25) is 0 Å². The van der Waals surface area contributed by atoms with Crippen molar-refractivity contribution < 1.29 is 4.79 Å². The van der Waals surface area contributed by atoms with Crippen molar-refractivity contribution >= 4 is 46.0 Å². The summed E-state index contributed by atoms with van der Waals surface area (Å²) < 4.78 is 1.78. The van der Waals surface area contributed by atoms with Crippen LogP contribution in [-0.4, -0.2) is 38.7 Å². The van der Waals surface area contributed by atoms with Gasteiger partial charge in [-0.2, -0.15) is 5.10 Å². The van der Waals surface area contributed by atoms with Gasteiger partial charge in [-0.25, -0.2) is 14.6 Å². The summed E-state index contributed by atoms with van der Waals surface area (Å²) in [5, 5.41) is 12.8. The molecule has 2 heterocycles. The minimum absolute atomic E-state index is 0.149. The number of halogens is 2. The number of rotatable bonds is 7. The highest BCUT2D eigenvalue weighted by Gasteiger charge is 2.28. The summed E-state index contributed by atoms with van der Waals surface area (Å²) in [6.45, 7) is 0.950. The van der Waals surface area contributed by atoms with Gasteiger partial charge in [0.05, 0.1) is 17.3 Å². The van der Waals surface area contributed by atoms with Crippen LogP contribution in [0.4, 0.5) is 5.82 Å². The molecular formula is C23H20Cl2N6O. The number of aromatic nitrogens is 4. The second-order valence-corrected chi connectivity index (χ2v) is 8.54. The summed E-state index contributed by atoms with van der Waals surface area (Å²) in [6.07, 6.45) is 3.93. The van der Waals surface area contributed by atoms with Gasteiger partial charge in [-0.15, -0.1) is 0 Å². The molecule has 1 saturated carbocycles. The van der Waals surface area contributed by atoms with Gasteiger partial charge >= 0.3 is 0 Å². The van der Waals surface area contributed by atoms with E-state index in [9.17, 15) is 4.79 Å². The molecule has 1 aliphatic carbocycles. The first kappa shape index (κ1) is 20.7. The number of carbonyl (C=O) groups is 1. The molecule has 162 valence electrons. The van der Waals surface area contributed by atoms with E-state index < -0.39 is 0 Å². The van der Waals surface area contributed by atoms with Gasteiger partial charge in [0.15, 0.2) is 5.65 Å². The normalized spacial score (nSPS) is 13.3. The molecule has 32 heavy (non-hydrogen) atoms. The fraction of sp³-hybridized carbons (Fsp3) is 0.217. The Hall–Kier alpha value is -3.16. The molecule has 5 rings (SSSR count). The number of anilines is 1. The van der Waals surface area contributed by atoms with E-state index in [0.717, 1.165) is 35.4 Å². The SMILES string of the molecule is O=C(NCCNc1nc(C2CC2)nc2c1cnn2-c1cccc(Cl)c1)c1ccc(Cl)cc1. The van der Waals surface area contributed by atoms with Gasteiger partial charge in [0.25, 0.3) is 5.91 Å². The van der Waals surface area contributed by atoms with Gasteiger partial charge < -0.3 is 10.6 Å². The standard InChI is InChI=1S/C23H20Cl2N6O/c24-16-8-6-15(7-9-16)23(32)27-11-10-26-21-19-13-28-31(18-3-1-2-17(25)12-18)22(19)30-20(29-21)14-4-5-14/h1-3,6-9,12-14H,4-5,10-11H2,(H,27,32)(H,26,29,30). The monoisotopic (exact) mass is 466 g/mol. The predicted molar refractivity (Wildman–Crippen MR) is 126 cm³/mol. The van der Waals surface area contributed by atoms with Gasteiger partial charge in [-0.3, -0.25) is 4.79 Å². The zero-order valence-electron chi connectivity index (χ0n) is 17.1. The zero-order valence-corrected chi connectivity index (χ0v) is 18.6. The molecule has 1 aliphatic rings. The van der Waals surface area contributed by atoms with E-state index in [0.29, 0.717) is 40.4 Å². The summed E-state index contributed by atoms with van der Waals surface area (Å²) in [7, 11) is 0. The lowest BCUT2D eigenvalue weighted by Crippen LogP contribution is -2.29. The van der Waals surface area contributed by atoms with Crippen LogP contribution in [0.1, 0.15) is 34.9 Å².